The molecular formula is C20H24N4O. The summed E-state index contributed by atoms with van der Waals surface area (Å²) in [7, 11) is 0. The average Bonchev–Trinajstić information content (AvgIpc) is 3.23. The van der Waals surface area contributed by atoms with Crippen molar-refractivity contribution in [1.82, 2.24) is 15.2 Å². The van der Waals surface area contributed by atoms with Crippen LogP contribution in [0.3, 0.4) is 0 Å². The van der Waals surface area contributed by atoms with Gasteiger partial charge in [0.15, 0.2) is 0 Å². The molecule has 5 heteroatoms. The first-order valence-electron chi connectivity index (χ1n) is 9.11. The van der Waals surface area contributed by atoms with Crippen molar-refractivity contribution in [2.24, 2.45) is 0 Å². The number of amides is 1. The van der Waals surface area contributed by atoms with Gasteiger partial charge >= 0.3 is 0 Å². The number of pyridine rings is 1. The Kier molecular flexibility index (Phi) is 4.65. The Labute approximate surface area is 148 Å². The second kappa shape index (κ2) is 7.23. The summed E-state index contributed by atoms with van der Waals surface area (Å²) in [6, 6.07) is 16.6. The second-order valence-electron chi connectivity index (χ2n) is 6.74. The summed E-state index contributed by atoms with van der Waals surface area (Å²) in [6.07, 6.45) is 2.20. The molecule has 0 aliphatic carbocycles. The van der Waals surface area contributed by atoms with Crippen molar-refractivity contribution in [3.63, 3.8) is 0 Å². The van der Waals surface area contributed by atoms with Gasteiger partial charge in [0.05, 0.1) is 0 Å². The lowest BCUT2D eigenvalue weighted by Gasteiger charge is -2.35. The maximum atomic E-state index is 12.6. The van der Waals surface area contributed by atoms with Crippen LogP contribution >= 0.6 is 0 Å². The molecule has 1 aromatic heterocycles. The van der Waals surface area contributed by atoms with E-state index in [9.17, 15) is 4.79 Å². The number of anilines is 1. The SMILES string of the molecule is O=C(c1cccc(N2CCN[C@H](c3ccccc3)C2)n1)N1CCCC1. The number of aromatic nitrogens is 1. The van der Waals surface area contributed by atoms with Crippen molar-refractivity contribution in [3.8, 4) is 0 Å². The van der Waals surface area contributed by atoms with Gasteiger partial charge in [0.2, 0.25) is 0 Å². The van der Waals surface area contributed by atoms with Crippen LogP contribution in [0.25, 0.3) is 0 Å². The topological polar surface area (TPSA) is 48.5 Å². The smallest absolute Gasteiger partial charge is 0.272 e. The molecule has 1 N–H and O–H groups in total. The number of nitrogens with one attached hydrogen (secondary N) is 1. The average molecular weight is 336 g/mol. The van der Waals surface area contributed by atoms with Crippen LogP contribution in [-0.2, 0) is 0 Å². The van der Waals surface area contributed by atoms with Crippen LogP contribution in [0, 0.1) is 0 Å². The van der Waals surface area contributed by atoms with E-state index in [4.69, 9.17) is 0 Å². The van der Waals surface area contributed by atoms with Gasteiger partial charge in [-0.05, 0) is 30.5 Å². The number of piperazine rings is 1. The number of hydrogen-bond acceptors (Lipinski definition) is 4. The Morgan fingerprint density at radius 1 is 1.00 bits per heavy atom. The highest BCUT2D eigenvalue weighted by molar-refractivity contribution is 5.92. The molecule has 1 atom stereocenters. The Morgan fingerprint density at radius 2 is 1.80 bits per heavy atom. The zero-order chi connectivity index (χ0) is 17.1. The van der Waals surface area contributed by atoms with E-state index in [1.807, 2.05) is 29.2 Å². The van der Waals surface area contributed by atoms with Crippen molar-refractivity contribution in [2.45, 2.75) is 18.9 Å². The van der Waals surface area contributed by atoms with Gasteiger partial charge in [-0.1, -0.05) is 36.4 Å². The first-order chi connectivity index (χ1) is 12.3. The third-order valence-electron chi connectivity index (χ3n) is 5.05. The van der Waals surface area contributed by atoms with Gasteiger partial charge in [-0.2, -0.15) is 0 Å². The minimum atomic E-state index is 0.0640. The van der Waals surface area contributed by atoms with Crippen LogP contribution in [0.5, 0.6) is 0 Å². The van der Waals surface area contributed by atoms with Crippen molar-refractivity contribution >= 4 is 11.7 Å². The number of carbonyl (C=O) groups is 1. The Balaban J connectivity index is 1.51. The number of carbonyl (C=O) groups excluding carboxylic acids is 1. The highest BCUT2D eigenvalue weighted by Gasteiger charge is 2.24. The molecule has 0 spiro atoms. The third kappa shape index (κ3) is 3.51. The molecule has 2 aliphatic heterocycles. The maximum absolute atomic E-state index is 12.6. The number of likely N-dealkylation sites (tertiary alicyclic amines) is 1. The van der Waals surface area contributed by atoms with Crippen LogP contribution in [-0.4, -0.2) is 48.5 Å². The summed E-state index contributed by atoms with van der Waals surface area (Å²) in [5.41, 5.74) is 1.85. The van der Waals surface area contributed by atoms with E-state index in [0.717, 1.165) is 51.4 Å². The van der Waals surface area contributed by atoms with Crippen LogP contribution in [0.2, 0.25) is 0 Å². The van der Waals surface area contributed by atoms with Crippen molar-refractivity contribution in [2.75, 3.05) is 37.6 Å². The molecule has 1 aromatic carbocycles. The van der Waals surface area contributed by atoms with E-state index in [2.05, 4.69) is 39.5 Å². The summed E-state index contributed by atoms with van der Waals surface area (Å²) in [6.45, 7) is 4.38. The molecule has 0 radical (unpaired) electrons. The quantitative estimate of drug-likeness (QED) is 0.935. The lowest BCUT2D eigenvalue weighted by Crippen LogP contribution is -2.46. The zero-order valence-corrected chi connectivity index (χ0v) is 14.4. The molecule has 4 rings (SSSR count). The zero-order valence-electron chi connectivity index (χ0n) is 14.4. The van der Waals surface area contributed by atoms with Crippen LogP contribution in [0.15, 0.2) is 48.5 Å². The second-order valence-corrected chi connectivity index (χ2v) is 6.74. The first kappa shape index (κ1) is 16.1. The van der Waals surface area contributed by atoms with E-state index in [1.54, 1.807) is 0 Å². The molecule has 3 heterocycles. The Bertz CT molecular complexity index is 727. The summed E-state index contributed by atoms with van der Waals surface area (Å²) in [5, 5.41) is 3.57. The Hall–Kier alpha value is -2.40. The molecule has 0 saturated carbocycles. The summed E-state index contributed by atoms with van der Waals surface area (Å²) >= 11 is 0. The maximum Gasteiger partial charge on any atom is 0.272 e. The van der Waals surface area contributed by atoms with E-state index in [0.29, 0.717) is 5.69 Å². The van der Waals surface area contributed by atoms with Gasteiger partial charge in [0.1, 0.15) is 11.5 Å². The number of benzene rings is 1. The fourth-order valence-corrected chi connectivity index (χ4v) is 3.67. The van der Waals surface area contributed by atoms with E-state index >= 15 is 0 Å². The summed E-state index contributed by atoms with van der Waals surface area (Å²) in [4.78, 5) is 21.5. The molecule has 130 valence electrons. The fraction of sp³-hybridized carbons (Fsp3) is 0.400. The van der Waals surface area contributed by atoms with Gasteiger partial charge in [0.25, 0.3) is 5.91 Å². The predicted octanol–water partition coefficient (Wildman–Crippen LogP) is 2.47. The van der Waals surface area contributed by atoms with E-state index in [1.165, 1.54) is 5.56 Å². The van der Waals surface area contributed by atoms with Gasteiger partial charge in [-0.15, -0.1) is 0 Å². The van der Waals surface area contributed by atoms with Gasteiger partial charge in [-0.25, -0.2) is 4.98 Å². The van der Waals surface area contributed by atoms with Crippen molar-refractivity contribution < 1.29 is 4.79 Å². The molecule has 0 bridgehead atoms. The molecule has 0 unspecified atom stereocenters. The lowest BCUT2D eigenvalue weighted by atomic mass is 10.0. The monoisotopic (exact) mass is 336 g/mol. The molecule has 2 saturated heterocycles. The minimum absolute atomic E-state index is 0.0640. The van der Waals surface area contributed by atoms with Crippen LogP contribution in [0.4, 0.5) is 5.82 Å². The molecule has 5 nitrogen and oxygen atoms in total. The standard InChI is InChI=1S/C20H24N4O/c25-20(23-12-4-5-13-23)17-9-6-10-19(22-17)24-14-11-21-18(15-24)16-7-2-1-3-8-16/h1-3,6-10,18,21H,4-5,11-15H2/t18-/m0/s1. The molecule has 1 amide bonds. The number of nitrogens with zero attached hydrogens (tertiary/aromatic N) is 3. The molecule has 2 aliphatic rings. The normalized spacial score (nSPS) is 20.7. The lowest BCUT2D eigenvalue weighted by molar-refractivity contribution is 0.0787. The van der Waals surface area contributed by atoms with Gasteiger partial charge < -0.3 is 15.1 Å². The van der Waals surface area contributed by atoms with E-state index in [-0.39, 0.29) is 11.9 Å². The van der Waals surface area contributed by atoms with Crippen LogP contribution in [0.1, 0.15) is 34.9 Å². The third-order valence-corrected chi connectivity index (χ3v) is 5.05. The number of hydrogen-bond donors (Lipinski definition) is 1. The Morgan fingerprint density at radius 3 is 2.60 bits per heavy atom. The van der Waals surface area contributed by atoms with Crippen molar-refractivity contribution in [3.05, 3.63) is 59.8 Å². The minimum Gasteiger partial charge on any atom is -0.353 e. The predicted molar refractivity (Wildman–Crippen MR) is 98.8 cm³/mol. The molecule has 2 fully saturated rings. The first-order valence-corrected chi connectivity index (χ1v) is 9.11. The highest BCUT2D eigenvalue weighted by Crippen LogP contribution is 2.22. The molecule has 25 heavy (non-hydrogen) atoms. The van der Waals surface area contributed by atoms with Crippen molar-refractivity contribution in [1.29, 1.82) is 0 Å². The molecular weight excluding hydrogens is 312 g/mol. The van der Waals surface area contributed by atoms with Crippen LogP contribution < -0.4 is 10.2 Å². The fourth-order valence-electron chi connectivity index (χ4n) is 3.67. The molecule has 2 aromatic rings. The van der Waals surface area contributed by atoms with Gasteiger partial charge in [0, 0.05) is 38.8 Å². The van der Waals surface area contributed by atoms with Gasteiger partial charge in [-0.3, -0.25) is 4.79 Å². The number of rotatable bonds is 3. The highest BCUT2D eigenvalue weighted by atomic mass is 16.2. The summed E-state index contributed by atoms with van der Waals surface area (Å²) in [5.74, 6) is 0.960. The largest absolute Gasteiger partial charge is 0.353 e. The summed E-state index contributed by atoms with van der Waals surface area (Å²) < 4.78 is 0. The van der Waals surface area contributed by atoms with E-state index < -0.39 is 0 Å².